The molecule has 0 bridgehead atoms. The molecule has 2 fully saturated rings. The zero-order valence-electron chi connectivity index (χ0n) is 12.6. The molecule has 22 heavy (non-hydrogen) atoms. The van der Waals surface area contributed by atoms with E-state index in [2.05, 4.69) is 4.90 Å². The van der Waals surface area contributed by atoms with E-state index in [9.17, 15) is 4.79 Å². The molecule has 0 aromatic heterocycles. The van der Waals surface area contributed by atoms with Crippen LogP contribution in [-0.2, 0) is 4.79 Å². The summed E-state index contributed by atoms with van der Waals surface area (Å²) in [5, 5.41) is 0.974. The van der Waals surface area contributed by atoms with Crippen molar-refractivity contribution in [1.29, 1.82) is 0 Å². The normalized spacial score (nSPS) is 23.2. The van der Waals surface area contributed by atoms with Crippen LogP contribution in [0.3, 0.4) is 0 Å². The van der Waals surface area contributed by atoms with E-state index in [0.29, 0.717) is 21.8 Å². The number of carbonyl (C=O) groups excluding carboxylic acids is 1. The minimum absolute atomic E-state index is 0.0255. The molecule has 2 atom stereocenters. The SMILES string of the molecule is C[C@@H](Oc1ccc(Cl)cc1Cl)C(=O)N1CCN2CCC[C@H]2C1. The lowest BCUT2D eigenvalue weighted by molar-refractivity contribution is -0.140. The van der Waals surface area contributed by atoms with Gasteiger partial charge in [0.2, 0.25) is 0 Å². The third-order valence-corrected chi connectivity index (χ3v) is 4.97. The van der Waals surface area contributed by atoms with Crippen LogP contribution in [0.4, 0.5) is 0 Å². The van der Waals surface area contributed by atoms with Gasteiger partial charge in [-0.1, -0.05) is 23.2 Å². The molecule has 1 aromatic rings. The molecule has 0 saturated carbocycles. The topological polar surface area (TPSA) is 32.8 Å². The summed E-state index contributed by atoms with van der Waals surface area (Å²) >= 11 is 12.0. The number of nitrogens with zero attached hydrogens (tertiary/aromatic N) is 2. The molecule has 0 radical (unpaired) electrons. The molecule has 0 N–H and O–H groups in total. The van der Waals surface area contributed by atoms with Gasteiger partial charge in [-0.2, -0.15) is 0 Å². The van der Waals surface area contributed by atoms with E-state index in [1.807, 2.05) is 4.90 Å². The molecule has 3 rings (SSSR count). The summed E-state index contributed by atoms with van der Waals surface area (Å²) < 4.78 is 5.73. The zero-order chi connectivity index (χ0) is 15.7. The van der Waals surface area contributed by atoms with Crippen molar-refractivity contribution < 1.29 is 9.53 Å². The summed E-state index contributed by atoms with van der Waals surface area (Å²) in [5.74, 6) is 0.518. The molecular weight excluding hydrogens is 323 g/mol. The largest absolute Gasteiger partial charge is 0.479 e. The van der Waals surface area contributed by atoms with Gasteiger partial charge < -0.3 is 9.64 Å². The number of fused-ring (bicyclic) bond motifs is 1. The Labute approximate surface area is 140 Å². The van der Waals surface area contributed by atoms with Crippen LogP contribution in [0, 0.1) is 0 Å². The van der Waals surface area contributed by atoms with Gasteiger partial charge in [0.15, 0.2) is 6.10 Å². The number of piperazine rings is 1. The van der Waals surface area contributed by atoms with Gasteiger partial charge in [0, 0.05) is 30.7 Å². The quantitative estimate of drug-likeness (QED) is 0.846. The second-order valence-electron chi connectivity index (χ2n) is 5.95. The highest BCUT2D eigenvalue weighted by molar-refractivity contribution is 6.35. The lowest BCUT2D eigenvalue weighted by Crippen LogP contribution is -2.54. The maximum atomic E-state index is 12.6. The van der Waals surface area contributed by atoms with Crippen LogP contribution in [0.25, 0.3) is 0 Å². The van der Waals surface area contributed by atoms with Gasteiger partial charge in [0.25, 0.3) is 5.91 Å². The number of halogens is 2. The van der Waals surface area contributed by atoms with Gasteiger partial charge in [-0.05, 0) is 44.5 Å². The fourth-order valence-corrected chi connectivity index (χ4v) is 3.71. The van der Waals surface area contributed by atoms with Crippen molar-refractivity contribution in [2.24, 2.45) is 0 Å². The molecule has 2 saturated heterocycles. The average molecular weight is 343 g/mol. The third-order valence-electron chi connectivity index (χ3n) is 4.44. The summed E-state index contributed by atoms with van der Waals surface area (Å²) in [7, 11) is 0. The highest BCUT2D eigenvalue weighted by Gasteiger charge is 2.34. The molecule has 2 aliphatic rings. The molecule has 120 valence electrons. The van der Waals surface area contributed by atoms with Gasteiger partial charge in [-0.3, -0.25) is 9.69 Å². The number of amides is 1. The fraction of sp³-hybridized carbons (Fsp3) is 0.562. The molecule has 6 heteroatoms. The van der Waals surface area contributed by atoms with E-state index in [1.165, 1.54) is 19.4 Å². The second kappa shape index (κ2) is 6.65. The Morgan fingerprint density at radius 2 is 2.14 bits per heavy atom. The number of benzene rings is 1. The molecule has 2 aliphatic heterocycles. The summed E-state index contributed by atoms with van der Waals surface area (Å²) in [6.07, 6.45) is 1.87. The van der Waals surface area contributed by atoms with Crippen LogP contribution in [0.2, 0.25) is 10.0 Å². The van der Waals surface area contributed by atoms with E-state index in [0.717, 1.165) is 19.6 Å². The van der Waals surface area contributed by atoms with E-state index < -0.39 is 6.10 Å². The third kappa shape index (κ3) is 3.34. The maximum Gasteiger partial charge on any atom is 0.263 e. The molecule has 0 spiro atoms. The summed E-state index contributed by atoms with van der Waals surface area (Å²) in [6.45, 7) is 5.48. The lowest BCUT2D eigenvalue weighted by Gasteiger charge is -2.38. The van der Waals surface area contributed by atoms with Crippen LogP contribution >= 0.6 is 23.2 Å². The van der Waals surface area contributed by atoms with Crippen molar-refractivity contribution in [3.8, 4) is 5.75 Å². The van der Waals surface area contributed by atoms with Crippen LogP contribution in [0.1, 0.15) is 19.8 Å². The summed E-state index contributed by atoms with van der Waals surface area (Å²) in [5.41, 5.74) is 0. The Morgan fingerprint density at radius 1 is 1.32 bits per heavy atom. The molecular formula is C16H20Cl2N2O2. The molecule has 4 nitrogen and oxygen atoms in total. The number of carbonyl (C=O) groups is 1. The first-order valence-corrected chi connectivity index (χ1v) is 8.45. The highest BCUT2D eigenvalue weighted by Crippen LogP contribution is 2.29. The molecule has 1 amide bonds. The summed E-state index contributed by atoms with van der Waals surface area (Å²) in [6, 6.07) is 5.54. The van der Waals surface area contributed by atoms with Crippen molar-refractivity contribution in [2.45, 2.75) is 31.9 Å². The Balaban J connectivity index is 1.62. The van der Waals surface area contributed by atoms with Crippen molar-refractivity contribution >= 4 is 29.1 Å². The Bertz CT molecular complexity index is 567. The van der Waals surface area contributed by atoms with Crippen LogP contribution in [0.5, 0.6) is 5.75 Å². The fourth-order valence-electron chi connectivity index (χ4n) is 3.26. The monoisotopic (exact) mass is 342 g/mol. The van der Waals surface area contributed by atoms with E-state index >= 15 is 0 Å². The summed E-state index contributed by atoms with van der Waals surface area (Å²) in [4.78, 5) is 17.0. The van der Waals surface area contributed by atoms with Crippen molar-refractivity contribution in [3.63, 3.8) is 0 Å². The second-order valence-corrected chi connectivity index (χ2v) is 6.79. The van der Waals surface area contributed by atoms with Crippen LogP contribution < -0.4 is 4.74 Å². The van der Waals surface area contributed by atoms with E-state index in [-0.39, 0.29) is 5.91 Å². The molecule has 1 aromatic carbocycles. The van der Waals surface area contributed by atoms with Crippen molar-refractivity contribution in [2.75, 3.05) is 26.2 Å². The molecule has 0 aliphatic carbocycles. The Morgan fingerprint density at radius 3 is 2.91 bits per heavy atom. The van der Waals surface area contributed by atoms with E-state index in [4.69, 9.17) is 27.9 Å². The molecule has 2 heterocycles. The molecule has 0 unspecified atom stereocenters. The standard InChI is InChI=1S/C16H20Cl2N2O2/c1-11(22-15-5-4-12(17)9-14(15)18)16(21)20-8-7-19-6-2-3-13(19)10-20/h4-5,9,11,13H,2-3,6-8,10H2,1H3/t11-,13+/m1/s1. The minimum Gasteiger partial charge on any atom is -0.479 e. The van der Waals surface area contributed by atoms with Gasteiger partial charge in [0.05, 0.1) is 5.02 Å². The van der Waals surface area contributed by atoms with Gasteiger partial charge in [-0.15, -0.1) is 0 Å². The lowest BCUT2D eigenvalue weighted by atomic mass is 10.1. The van der Waals surface area contributed by atoms with Crippen LogP contribution in [-0.4, -0.2) is 54.0 Å². The number of ether oxygens (including phenoxy) is 1. The number of hydrogen-bond acceptors (Lipinski definition) is 3. The van der Waals surface area contributed by atoms with Gasteiger partial charge >= 0.3 is 0 Å². The maximum absolute atomic E-state index is 12.6. The Kier molecular flexibility index (Phi) is 4.81. The first-order chi connectivity index (χ1) is 10.5. The minimum atomic E-state index is -0.549. The zero-order valence-corrected chi connectivity index (χ0v) is 14.1. The number of rotatable bonds is 3. The first-order valence-electron chi connectivity index (χ1n) is 7.69. The van der Waals surface area contributed by atoms with E-state index in [1.54, 1.807) is 25.1 Å². The smallest absolute Gasteiger partial charge is 0.263 e. The predicted molar refractivity (Wildman–Crippen MR) is 87.7 cm³/mol. The van der Waals surface area contributed by atoms with Crippen molar-refractivity contribution in [1.82, 2.24) is 9.80 Å². The first kappa shape index (κ1) is 15.9. The van der Waals surface area contributed by atoms with Gasteiger partial charge in [-0.25, -0.2) is 0 Å². The number of hydrogen-bond donors (Lipinski definition) is 0. The highest BCUT2D eigenvalue weighted by atomic mass is 35.5. The van der Waals surface area contributed by atoms with Crippen molar-refractivity contribution in [3.05, 3.63) is 28.2 Å². The predicted octanol–water partition coefficient (Wildman–Crippen LogP) is 3.07. The van der Waals surface area contributed by atoms with Gasteiger partial charge in [0.1, 0.15) is 5.75 Å². The average Bonchev–Trinajstić information content (AvgIpc) is 2.96. The Hall–Kier alpha value is -0.970. The van der Waals surface area contributed by atoms with Crippen LogP contribution in [0.15, 0.2) is 18.2 Å².